The topological polar surface area (TPSA) is 9.23 Å². The lowest BCUT2D eigenvalue weighted by atomic mass is 9.72. The SMILES string of the molecule is C/C(=C\CCC(C)C)CCCC(C)CCCC1(C)CCC2C=CC(C)C(C)C2O1. The summed E-state index contributed by atoms with van der Waals surface area (Å²) in [7, 11) is 0. The molecule has 1 fully saturated rings. The largest absolute Gasteiger partial charge is 0.371 e. The molecule has 0 spiro atoms. The van der Waals surface area contributed by atoms with Gasteiger partial charge in [-0.3, -0.25) is 0 Å². The van der Waals surface area contributed by atoms with Gasteiger partial charge in [0.05, 0.1) is 11.7 Å². The normalized spacial score (nSPS) is 33.7. The Labute approximate surface area is 182 Å². The van der Waals surface area contributed by atoms with Gasteiger partial charge in [0.25, 0.3) is 0 Å². The summed E-state index contributed by atoms with van der Waals surface area (Å²) in [5.74, 6) is 3.63. The molecule has 0 N–H and O–H groups in total. The van der Waals surface area contributed by atoms with E-state index in [1.54, 1.807) is 5.57 Å². The molecule has 0 aromatic heterocycles. The minimum atomic E-state index is 0.107. The molecule has 6 unspecified atom stereocenters. The average molecular weight is 403 g/mol. The smallest absolute Gasteiger partial charge is 0.0676 e. The fourth-order valence-corrected chi connectivity index (χ4v) is 5.25. The highest BCUT2D eigenvalue weighted by atomic mass is 16.5. The summed E-state index contributed by atoms with van der Waals surface area (Å²) < 4.78 is 6.75. The Morgan fingerprint density at radius 2 is 1.83 bits per heavy atom. The van der Waals surface area contributed by atoms with Gasteiger partial charge in [0.1, 0.15) is 0 Å². The molecule has 1 heterocycles. The maximum atomic E-state index is 6.75. The first-order chi connectivity index (χ1) is 13.7. The summed E-state index contributed by atoms with van der Waals surface area (Å²) in [6.45, 7) is 16.5. The first kappa shape index (κ1) is 24.7. The molecule has 0 radical (unpaired) electrons. The van der Waals surface area contributed by atoms with Crippen molar-refractivity contribution in [3.8, 4) is 0 Å². The van der Waals surface area contributed by atoms with Gasteiger partial charge in [-0.1, -0.05) is 77.7 Å². The van der Waals surface area contributed by atoms with Crippen molar-refractivity contribution in [3.63, 3.8) is 0 Å². The fraction of sp³-hybridized carbons (Fsp3) is 0.857. The van der Waals surface area contributed by atoms with Crippen molar-refractivity contribution in [2.45, 2.75) is 124 Å². The van der Waals surface area contributed by atoms with E-state index >= 15 is 0 Å². The van der Waals surface area contributed by atoms with Gasteiger partial charge in [-0.25, -0.2) is 0 Å². The van der Waals surface area contributed by atoms with E-state index < -0.39 is 0 Å². The highest BCUT2D eigenvalue weighted by Crippen LogP contribution is 2.43. The monoisotopic (exact) mass is 402 g/mol. The molecule has 0 aromatic carbocycles. The van der Waals surface area contributed by atoms with E-state index in [4.69, 9.17) is 4.74 Å². The molecule has 1 nitrogen and oxygen atoms in total. The summed E-state index contributed by atoms with van der Waals surface area (Å²) in [4.78, 5) is 0. The molecule has 0 amide bonds. The number of hydrogen-bond acceptors (Lipinski definition) is 1. The van der Waals surface area contributed by atoms with Crippen molar-refractivity contribution in [3.05, 3.63) is 23.8 Å². The predicted octanol–water partition coefficient (Wildman–Crippen LogP) is 8.74. The third kappa shape index (κ3) is 8.23. The van der Waals surface area contributed by atoms with Gasteiger partial charge in [-0.2, -0.15) is 0 Å². The quantitative estimate of drug-likeness (QED) is 0.314. The zero-order chi connectivity index (χ0) is 21.4. The standard InChI is InChI=1S/C28H50O/c1-21(2)11-8-12-22(3)13-9-14-23(4)15-10-19-28(7)20-18-26-17-16-24(5)25(6)27(26)29-28/h12,16-17,21,23-27H,8-11,13-15,18-20H2,1-7H3/b22-12+. The van der Waals surface area contributed by atoms with Crippen molar-refractivity contribution in [1.82, 2.24) is 0 Å². The molecule has 0 saturated carbocycles. The van der Waals surface area contributed by atoms with Crippen LogP contribution in [0.25, 0.3) is 0 Å². The second-order valence-electron chi connectivity index (χ2n) is 11.2. The van der Waals surface area contributed by atoms with Crippen LogP contribution in [0.3, 0.4) is 0 Å². The first-order valence-corrected chi connectivity index (χ1v) is 12.7. The highest BCUT2D eigenvalue weighted by Gasteiger charge is 2.42. The lowest BCUT2D eigenvalue weighted by Gasteiger charge is -2.47. The van der Waals surface area contributed by atoms with E-state index in [0.29, 0.717) is 23.9 Å². The Kier molecular flexibility index (Phi) is 9.99. The lowest BCUT2D eigenvalue weighted by molar-refractivity contribution is -0.164. The second kappa shape index (κ2) is 11.7. The summed E-state index contributed by atoms with van der Waals surface area (Å²) >= 11 is 0. The van der Waals surface area contributed by atoms with Crippen LogP contribution in [0.5, 0.6) is 0 Å². The summed E-state index contributed by atoms with van der Waals surface area (Å²) in [6, 6.07) is 0. The highest BCUT2D eigenvalue weighted by molar-refractivity contribution is 5.07. The molecule has 1 heteroatoms. The Bertz CT molecular complexity index is 530. The minimum Gasteiger partial charge on any atom is -0.371 e. The maximum absolute atomic E-state index is 6.75. The van der Waals surface area contributed by atoms with Crippen LogP contribution < -0.4 is 0 Å². The van der Waals surface area contributed by atoms with Gasteiger partial charge in [-0.15, -0.1) is 0 Å². The van der Waals surface area contributed by atoms with Crippen LogP contribution in [-0.4, -0.2) is 11.7 Å². The zero-order valence-electron chi connectivity index (χ0n) is 20.7. The maximum Gasteiger partial charge on any atom is 0.0676 e. The molecule has 0 aromatic rings. The van der Waals surface area contributed by atoms with Gasteiger partial charge in [0, 0.05) is 5.92 Å². The fourth-order valence-electron chi connectivity index (χ4n) is 5.25. The van der Waals surface area contributed by atoms with Crippen LogP contribution in [0.4, 0.5) is 0 Å². The molecule has 2 rings (SSSR count). The zero-order valence-corrected chi connectivity index (χ0v) is 20.7. The van der Waals surface area contributed by atoms with Gasteiger partial charge < -0.3 is 4.74 Å². The average Bonchev–Trinajstić information content (AvgIpc) is 2.65. The second-order valence-corrected chi connectivity index (χ2v) is 11.2. The molecule has 29 heavy (non-hydrogen) atoms. The van der Waals surface area contributed by atoms with Crippen LogP contribution >= 0.6 is 0 Å². The molecule has 168 valence electrons. The first-order valence-electron chi connectivity index (χ1n) is 12.7. The third-order valence-electron chi connectivity index (χ3n) is 7.77. The molecule has 6 atom stereocenters. The lowest BCUT2D eigenvalue weighted by Crippen LogP contribution is -2.47. The van der Waals surface area contributed by atoms with E-state index in [1.807, 2.05) is 0 Å². The van der Waals surface area contributed by atoms with Crippen LogP contribution in [0.1, 0.15) is 113 Å². The van der Waals surface area contributed by atoms with E-state index in [-0.39, 0.29) is 5.60 Å². The van der Waals surface area contributed by atoms with E-state index in [1.165, 1.54) is 64.2 Å². The van der Waals surface area contributed by atoms with Gasteiger partial charge >= 0.3 is 0 Å². The predicted molar refractivity (Wildman–Crippen MR) is 128 cm³/mol. The van der Waals surface area contributed by atoms with Crippen LogP contribution in [0.15, 0.2) is 23.8 Å². The summed E-state index contributed by atoms with van der Waals surface area (Å²) in [5, 5.41) is 0. The Balaban J connectivity index is 1.64. The van der Waals surface area contributed by atoms with Gasteiger partial charge in [-0.05, 0) is 82.5 Å². The van der Waals surface area contributed by atoms with Crippen molar-refractivity contribution in [2.24, 2.45) is 29.6 Å². The van der Waals surface area contributed by atoms with Gasteiger partial charge in [0.2, 0.25) is 0 Å². The number of fused-ring (bicyclic) bond motifs is 1. The van der Waals surface area contributed by atoms with Crippen LogP contribution in [0, 0.1) is 29.6 Å². The van der Waals surface area contributed by atoms with Gasteiger partial charge in [0.15, 0.2) is 0 Å². The Hall–Kier alpha value is -0.560. The molecule has 0 bridgehead atoms. The summed E-state index contributed by atoms with van der Waals surface area (Å²) in [6.07, 6.45) is 20.8. The molecular formula is C28H50O. The third-order valence-corrected chi connectivity index (χ3v) is 7.77. The van der Waals surface area contributed by atoms with Crippen molar-refractivity contribution in [1.29, 1.82) is 0 Å². The summed E-state index contributed by atoms with van der Waals surface area (Å²) in [5.41, 5.74) is 1.70. The van der Waals surface area contributed by atoms with E-state index in [9.17, 15) is 0 Å². The number of hydrogen-bond donors (Lipinski definition) is 0. The number of ether oxygens (including phenoxy) is 1. The number of allylic oxidation sites excluding steroid dienone is 3. The number of rotatable bonds is 11. The van der Waals surface area contributed by atoms with E-state index in [2.05, 4.69) is 66.7 Å². The molecule has 2 aliphatic rings. The van der Waals surface area contributed by atoms with Crippen molar-refractivity contribution >= 4 is 0 Å². The van der Waals surface area contributed by atoms with Crippen molar-refractivity contribution < 1.29 is 4.74 Å². The van der Waals surface area contributed by atoms with Crippen LogP contribution in [-0.2, 0) is 4.74 Å². The minimum absolute atomic E-state index is 0.107. The molecule has 1 aliphatic heterocycles. The molecule has 1 saturated heterocycles. The van der Waals surface area contributed by atoms with E-state index in [0.717, 1.165) is 11.8 Å². The molecule has 1 aliphatic carbocycles. The Morgan fingerprint density at radius 3 is 2.55 bits per heavy atom. The molecular weight excluding hydrogens is 352 g/mol. The van der Waals surface area contributed by atoms with Crippen LogP contribution in [0.2, 0.25) is 0 Å². The van der Waals surface area contributed by atoms with Crippen molar-refractivity contribution in [2.75, 3.05) is 0 Å². The Morgan fingerprint density at radius 1 is 1.10 bits per heavy atom.